The first-order chi connectivity index (χ1) is 14.5. The minimum absolute atomic E-state index is 0.0311. The van der Waals surface area contributed by atoms with Gasteiger partial charge in [0.05, 0.1) is 5.69 Å². The smallest absolute Gasteiger partial charge is 0.322 e. The van der Waals surface area contributed by atoms with Crippen molar-refractivity contribution in [1.82, 2.24) is 19.8 Å². The summed E-state index contributed by atoms with van der Waals surface area (Å²) in [7, 11) is 2.11. The Labute approximate surface area is 174 Å². The molecule has 2 amide bonds. The Hall–Kier alpha value is -3.01. The number of urea groups is 1. The van der Waals surface area contributed by atoms with Crippen LogP contribution in [0.2, 0.25) is 0 Å². The van der Waals surface area contributed by atoms with Crippen LogP contribution in [0, 0.1) is 11.6 Å². The first kappa shape index (κ1) is 20.3. The van der Waals surface area contributed by atoms with Gasteiger partial charge in [-0.1, -0.05) is 0 Å². The molecular weight excluding hydrogens is 392 g/mol. The number of aromatic nitrogens is 2. The molecule has 3 heterocycles. The van der Waals surface area contributed by atoms with Crippen molar-refractivity contribution in [3.05, 3.63) is 42.2 Å². The van der Waals surface area contributed by atoms with Gasteiger partial charge >= 0.3 is 6.03 Å². The van der Waals surface area contributed by atoms with Crippen molar-refractivity contribution in [3.8, 4) is 0 Å². The average molecular weight is 417 g/mol. The van der Waals surface area contributed by atoms with E-state index in [1.807, 2.05) is 6.07 Å². The third kappa shape index (κ3) is 4.59. The standard InChI is InChI=1S/C20H25F2N7O/c1-26-4-6-27(7-5-26)18-13-19(24-14-23-18)28-8-10-29(11-9-28)20(30)25-17-3-2-15(21)12-16(17)22/h2-3,12-14H,4-11H2,1H3,(H,25,30). The highest BCUT2D eigenvalue weighted by molar-refractivity contribution is 5.89. The van der Waals surface area contributed by atoms with Gasteiger partial charge in [-0.05, 0) is 19.2 Å². The zero-order valence-electron chi connectivity index (χ0n) is 16.9. The highest BCUT2D eigenvalue weighted by Crippen LogP contribution is 2.21. The summed E-state index contributed by atoms with van der Waals surface area (Å²) in [5.74, 6) is 0.280. The molecular formula is C20H25F2N7O. The molecule has 1 aromatic carbocycles. The van der Waals surface area contributed by atoms with E-state index in [1.54, 1.807) is 11.2 Å². The number of benzene rings is 1. The van der Waals surface area contributed by atoms with Crippen LogP contribution in [0.5, 0.6) is 0 Å². The molecule has 2 fully saturated rings. The molecule has 4 rings (SSSR count). The Morgan fingerprint density at radius 2 is 1.50 bits per heavy atom. The molecule has 2 aliphatic heterocycles. The molecule has 10 heteroatoms. The first-order valence-corrected chi connectivity index (χ1v) is 10.0. The summed E-state index contributed by atoms with van der Waals surface area (Å²) >= 11 is 0. The van der Waals surface area contributed by atoms with Crippen molar-refractivity contribution in [2.75, 3.05) is 74.5 Å². The fourth-order valence-electron chi connectivity index (χ4n) is 3.64. The Bertz CT molecular complexity index is 896. The number of piperazine rings is 2. The van der Waals surface area contributed by atoms with Crippen LogP contribution in [0.1, 0.15) is 0 Å². The quantitative estimate of drug-likeness (QED) is 0.823. The largest absolute Gasteiger partial charge is 0.354 e. The molecule has 8 nitrogen and oxygen atoms in total. The van der Waals surface area contributed by atoms with Gasteiger partial charge in [0.1, 0.15) is 29.6 Å². The fourth-order valence-corrected chi connectivity index (χ4v) is 3.64. The van der Waals surface area contributed by atoms with Crippen molar-refractivity contribution >= 4 is 23.4 Å². The molecule has 0 aliphatic carbocycles. The summed E-state index contributed by atoms with van der Waals surface area (Å²) in [6, 6.07) is 4.68. The number of anilines is 3. The van der Waals surface area contributed by atoms with Crippen LogP contribution in [0.15, 0.2) is 30.6 Å². The molecule has 0 unspecified atom stereocenters. The monoisotopic (exact) mass is 417 g/mol. The zero-order chi connectivity index (χ0) is 21.1. The Morgan fingerprint density at radius 1 is 0.900 bits per heavy atom. The van der Waals surface area contributed by atoms with Crippen LogP contribution >= 0.6 is 0 Å². The van der Waals surface area contributed by atoms with E-state index in [0.29, 0.717) is 26.2 Å². The second kappa shape index (κ2) is 8.78. The number of rotatable bonds is 3. The van der Waals surface area contributed by atoms with Crippen molar-refractivity contribution in [1.29, 1.82) is 0 Å². The predicted octanol–water partition coefficient (Wildman–Crippen LogP) is 1.86. The summed E-state index contributed by atoms with van der Waals surface area (Å²) in [4.78, 5) is 29.5. The van der Waals surface area contributed by atoms with E-state index in [-0.39, 0.29) is 5.69 Å². The molecule has 2 aliphatic rings. The highest BCUT2D eigenvalue weighted by atomic mass is 19.1. The third-order valence-electron chi connectivity index (χ3n) is 5.53. The predicted molar refractivity (Wildman–Crippen MR) is 111 cm³/mol. The number of nitrogens with zero attached hydrogens (tertiary/aromatic N) is 6. The van der Waals surface area contributed by atoms with E-state index in [9.17, 15) is 13.6 Å². The number of hydrogen-bond donors (Lipinski definition) is 1. The van der Waals surface area contributed by atoms with Crippen molar-refractivity contribution in [2.24, 2.45) is 0 Å². The molecule has 0 saturated carbocycles. The van der Waals surface area contributed by atoms with Crippen LogP contribution < -0.4 is 15.1 Å². The highest BCUT2D eigenvalue weighted by Gasteiger charge is 2.24. The van der Waals surface area contributed by atoms with Crippen molar-refractivity contribution in [3.63, 3.8) is 0 Å². The van der Waals surface area contributed by atoms with Gasteiger partial charge in [-0.25, -0.2) is 23.5 Å². The van der Waals surface area contributed by atoms with E-state index < -0.39 is 17.7 Å². The van der Waals surface area contributed by atoms with Crippen molar-refractivity contribution < 1.29 is 13.6 Å². The van der Waals surface area contributed by atoms with Gasteiger partial charge in [0.25, 0.3) is 0 Å². The van der Waals surface area contributed by atoms with Crippen LogP contribution in [0.25, 0.3) is 0 Å². The Kier molecular flexibility index (Phi) is 5.93. The van der Waals surface area contributed by atoms with Gasteiger partial charge in [-0.15, -0.1) is 0 Å². The maximum Gasteiger partial charge on any atom is 0.322 e. The second-order valence-corrected chi connectivity index (χ2v) is 7.55. The fraction of sp³-hybridized carbons (Fsp3) is 0.450. The number of hydrogen-bond acceptors (Lipinski definition) is 6. The van der Waals surface area contributed by atoms with Crippen molar-refractivity contribution in [2.45, 2.75) is 0 Å². The normalized spacial score (nSPS) is 17.9. The molecule has 2 saturated heterocycles. The Balaban J connectivity index is 1.34. The average Bonchev–Trinajstić information content (AvgIpc) is 2.76. The number of carbonyl (C=O) groups excluding carboxylic acids is 1. The summed E-state index contributed by atoms with van der Waals surface area (Å²) in [6.07, 6.45) is 1.58. The summed E-state index contributed by atoms with van der Waals surface area (Å²) in [5, 5.41) is 2.51. The summed E-state index contributed by atoms with van der Waals surface area (Å²) in [6.45, 7) is 6.03. The lowest BCUT2D eigenvalue weighted by Crippen LogP contribution is -2.50. The number of carbonyl (C=O) groups is 1. The van der Waals surface area contributed by atoms with Gasteiger partial charge < -0.3 is 24.9 Å². The molecule has 2 aromatic rings. The molecule has 160 valence electrons. The van der Waals surface area contributed by atoms with Crippen LogP contribution in [-0.4, -0.2) is 85.2 Å². The van der Waals surface area contributed by atoms with Gasteiger partial charge in [-0.2, -0.15) is 0 Å². The lowest BCUT2D eigenvalue weighted by Gasteiger charge is -2.36. The van der Waals surface area contributed by atoms with Gasteiger partial charge in [0, 0.05) is 64.5 Å². The van der Waals surface area contributed by atoms with Crippen LogP contribution in [0.4, 0.5) is 30.9 Å². The minimum atomic E-state index is -0.792. The third-order valence-corrected chi connectivity index (χ3v) is 5.53. The molecule has 1 N–H and O–H groups in total. The summed E-state index contributed by atoms with van der Waals surface area (Å²) in [5.41, 5.74) is -0.0311. The van der Waals surface area contributed by atoms with Crippen LogP contribution in [-0.2, 0) is 0 Å². The topological polar surface area (TPSA) is 67.8 Å². The SMILES string of the molecule is CN1CCN(c2cc(N3CCN(C(=O)Nc4ccc(F)cc4F)CC3)ncn2)CC1. The molecule has 0 bridgehead atoms. The molecule has 0 radical (unpaired) electrons. The van der Waals surface area contributed by atoms with Gasteiger partial charge in [-0.3, -0.25) is 0 Å². The van der Waals surface area contributed by atoms with E-state index in [0.717, 1.165) is 49.9 Å². The van der Waals surface area contributed by atoms with E-state index in [1.165, 1.54) is 6.07 Å². The number of nitrogens with one attached hydrogen (secondary N) is 1. The number of likely N-dealkylation sites (N-methyl/N-ethyl adjacent to an activating group) is 1. The molecule has 1 aromatic heterocycles. The van der Waals surface area contributed by atoms with E-state index in [4.69, 9.17) is 0 Å². The van der Waals surface area contributed by atoms with E-state index in [2.05, 4.69) is 37.0 Å². The van der Waals surface area contributed by atoms with Gasteiger partial charge in [0.15, 0.2) is 0 Å². The van der Waals surface area contributed by atoms with Gasteiger partial charge in [0.2, 0.25) is 0 Å². The Morgan fingerprint density at radius 3 is 2.10 bits per heavy atom. The number of halogens is 2. The van der Waals surface area contributed by atoms with Crippen LogP contribution in [0.3, 0.4) is 0 Å². The maximum absolute atomic E-state index is 13.8. The molecule has 0 spiro atoms. The number of amides is 2. The maximum atomic E-state index is 13.8. The first-order valence-electron chi connectivity index (χ1n) is 10.0. The van der Waals surface area contributed by atoms with E-state index >= 15 is 0 Å². The lowest BCUT2D eigenvalue weighted by atomic mass is 10.3. The molecule has 30 heavy (non-hydrogen) atoms. The lowest BCUT2D eigenvalue weighted by molar-refractivity contribution is 0.208. The second-order valence-electron chi connectivity index (χ2n) is 7.55. The summed E-state index contributed by atoms with van der Waals surface area (Å²) < 4.78 is 26.8. The zero-order valence-corrected chi connectivity index (χ0v) is 16.9. The minimum Gasteiger partial charge on any atom is -0.354 e. The molecule has 0 atom stereocenters.